The molecule has 0 fully saturated rings. The number of carbonyl (C=O) groups is 2. The van der Waals surface area contributed by atoms with Gasteiger partial charge in [0.15, 0.2) is 11.0 Å². The second kappa shape index (κ2) is 10.6. The van der Waals surface area contributed by atoms with Gasteiger partial charge in [-0.05, 0) is 50.2 Å². The van der Waals surface area contributed by atoms with Crippen molar-refractivity contribution in [1.82, 2.24) is 20.1 Å². The fraction of sp³-hybridized carbons (Fsp3) is 0.273. The molecule has 1 atom stereocenters. The zero-order chi connectivity index (χ0) is 22.2. The number of hydrogen-bond donors (Lipinski definition) is 1. The molecule has 0 bridgehead atoms. The number of methoxy groups -OCH3 is 1. The fourth-order valence-electron chi connectivity index (χ4n) is 2.80. The van der Waals surface area contributed by atoms with Crippen LogP contribution in [0.3, 0.4) is 0 Å². The fourth-order valence-corrected chi connectivity index (χ4v) is 3.68. The average Bonchev–Trinajstić information content (AvgIpc) is 3.20. The third kappa shape index (κ3) is 5.64. The average molecular weight is 441 g/mol. The second-order valence-electron chi connectivity index (χ2n) is 6.49. The van der Waals surface area contributed by atoms with E-state index in [4.69, 9.17) is 9.47 Å². The lowest BCUT2D eigenvalue weighted by molar-refractivity contribution is -0.142. The van der Waals surface area contributed by atoms with E-state index in [2.05, 4.69) is 15.5 Å². The lowest BCUT2D eigenvalue weighted by atomic mass is 10.2. The van der Waals surface area contributed by atoms with Crippen molar-refractivity contribution in [2.45, 2.75) is 30.8 Å². The maximum atomic E-state index is 12.5. The first kappa shape index (κ1) is 22.4. The van der Waals surface area contributed by atoms with E-state index in [1.54, 1.807) is 45.2 Å². The second-order valence-corrected chi connectivity index (χ2v) is 7.80. The van der Waals surface area contributed by atoms with E-state index in [0.29, 0.717) is 28.9 Å². The minimum Gasteiger partial charge on any atom is -0.497 e. The number of rotatable bonds is 9. The molecule has 1 heterocycles. The number of para-hydroxylation sites is 1. The predicted octanol–water partition coefficient (Wildman–Crippen LogP) is 3.25. The number of nitrogens with zero attached hydrogens (tertiary/aromatic N) is 3. The van der Waals surface area contributed by atoms with Gasteiger partial charge in [0, 0.05) is 11.3 Å². The highest BCUT2D eigenvalue weighted by Gasteiger charge is 2.22. The third-order valence-electron chi connectivity index (χ3n) is 4.37. The summed E-state index contributed by atoms with van der Waals surface area (Å²) < 4.78 is 12.0. The maximum absolute atomic E-state index is 12.5. The van der Waals surface area contributed by atoms with Gasteiger partial charge in [-0.25, -0.2) is 0 Å². The molecule has 0 saturated carbocycles. The lowest BCUT2D eigenvalue weighted by Gasteiger charge is -2.13. The SMILES string of the molecule is CCOC(=O)[C@H](C)Sc1nnc(CNC(=O)c2ccc(OC)cc2)n1-c1ccccc1. The number of benzene rings is 2. The Morgan fingerprint density at radius 2 is 1.81 bits per heavy atom. The van der Waals surface area contributed by atoms with Gasteiger partial charge < -0.3 is 14.8 Å². The van der Waals surface area contributed by atoms with Crippen molar-refractivity contribution < 1.29 is 19.1 Å². The summed E-state index contributed by atoms with van der Waals surface area (Å²) in [6, 6.07) is 16.4. The largest absolute Gasteiger partial charge is 0.497 e. The lowest BCUT2D eigenvalue weighted by Crippen LogP contribution is -2.24. The van der Waals surface area contributed by atoms with Gasteiger partial charge in [0.2, 0.25) is 0 Å². The van der Waals surface area contributed by atoms with Gasteiger partial charge in [-0.1, -0.05) is 30.0 Å². The van der Waals surface area contributed by atoms with E-state index in [0.717, 1.165) is 5.69 Å². The molecule has 0 aliphatic carbocycles. The van der Waals surface area contributed by atoms with Crippen LogP contribution in [0.25, 0.3) is 5.69 Å². The van der Waals surface area contributed by atoms with E-state index in [-0.39, 0.29) is 18.4 Å². The summed E-state index contributed by atoms with van der Waals surface area (Å²) in [7, 11) is 1.57. The summed E-state index contributed by atoms with van der Waals surface area (Å²) in [5, 5.41) is 11.5. The molecule has 1 aromatic heterocycles. The summed E-state index contributed by atoms with van der Waals surface area (Å²) in [6.07, 6.45) is 0. The first-order valence-corrected chi connectivity index (χ1v) is 10.7. The van der Waals surface area contributed by atoms with Crippen molar-refractivity contribution in [2.75, 3.05) is 13.7 Å². The Labute approximate surface area is 185 Å². The number of aromatic nitrogens is 3. The van der Waals surface area contributed by atoms with E-state index in [1.165, 1.54) is 11.8 Å². The number of ether oxygens (including phenoxy) is 2. The molecule has 3 rings (SSSR count). The summed E-state index contributed by atoms with van der Waals surface area (Å²) in [6.45, 7) is 4.02. The monoisotopic (exact) mass is 440 g/mol. The first-order chi connectivity index (χ1) is 15.0. The van der Waals surface area contributed by atoms with Gasteiger partial charge in [-0.15, -0.1) is 10.2 Å². The van der Waals surface area contributed by atoms with Gasteiger partial charge in [-0.2, -0.15) is 0 Å². The van der Waals surface area contributed by atoms with Crippen LogP contribution in [0.15, 0.2) is 59.8 Å². The highest BCUT2D eigenvalue weighted by atomic mass is 32.2. The van der Waals surface area contributed by atoms with Crippen LogP contribution in [0.2, 0.25) is 0 Å². The van der Waals surface area contributed by atoms with E-state index >= 15 is 0 Å². The molecule has 31 heavy (non-hydrogen) atoms. The van der Waals surface area contributed by atoms with Crippen molar-refractivity contribution in [2.24, 2.45) is 0 Å². The minimum atomic E-state index is -0.451. The zero-order valence-electron chi connectivity index (χ0n) is 17.6. The normalized spacial score (nSPS) is 11.6. The molecule has 8 nitrogen and oxygen atoms in total. The number of nitrogens with one attached hydrogen (secondary N) is 1. The Kier molecular flexibility index (Phi) is 7.66. The van der Waals surface area contributed by atoms with E-state index < -0.39 is 5.25 Å². The summed E-state index contributed by atoms with van der Waals surface area (Å²) in [5.74, 6) is 0.674. The van der Waals surface area contributed by atoms with E-state index in [1.807, 2.05) is 34.9 Å². The number of hydrogen-bond acceptors (Lipinski definition) is 7. The Morgan fingerprint density at radius 3 is 2.45 bits per heavy atom. The molecular weight excluding hydrogens is 416 g/mol. The molecule has 162 valence electrons. The third-order valence-corrected chi connectivity index (χ3v) is 5.40. The van der Waals surface area contributed by atoms with Crippen molar-refractivity contribution in [1.29, 1.82) is 0 Å². The van der Waals surface area contributed by atoms with Crippen LogP contribution in [0.4, 0.5) is 0 Å². The number of carbonyl (C=O) groups excluding carboxylic acids is 2. The molecule has 2 aromatic carbocycles. The first-order valence-electron chi connectivity index (χ1n) is 9.78. The van der Waals surface area contributed by atoms with Crippen LogP contribution in [-0.4, -0.2) is 45.6 Å². The van der Waals surface area contributed by atoms with Gasteiger partial charge in [0.25, 0.3) is 5.91 Å². The molecule has 0 radical (unpaired) electrons. The Hall–Kier alpha value is -3.33. The Bertz CT molecular complexity index is 1020. The van der Waals surface area contributed by atoms with Crippen LogP contribution >= 0.6 is 11.8 Å². The predicted molar refractivity (Wildman–Crippen MR) is 117 cm³/mol. The van der Waals surface area contributed by atoms with Crippen molar-refractivity contribution in [3.63, 3.8) is 0 Å². The van der Waals surface area contributed by atoms with Crippen LogP contribution in [-0.2, 0) is 16.1 Å². The number of esters is 1. The highest BCUT2D eigenvalue weighted by molar-refractivity contribution is 8.00. The summed E-state index contributed by atoms with van der Waals surface area (Å²) in [5.41, 5.74) is 1.34. The van der Waals surface area contributed by atoms with Gasteiger partial charge in [0.1, 0.15) is 11.0 Å². The molecule has 0 aliphatic heterocycles. The van der Waals surface area contributed by atoms with Gasteiger partial charge in [0.05, 0.1) is 20.3 Å². The smallest absolute Gasteiger partial charge is 0.319 e. The molecule has 3 aromatic rings. The van der Waals surface area contributed by atoms with Crippen molar-refractivity contribution in [3.05, 3.63) is 66.0 Å². The molecule has 0 saturated heterocycles. The topological polar surface area (TPSA) is 95.3 Å². The molecule has 9 heteroatoms. The molecule has 0 unspecified atom stereocenters. The molecule has 1 N–H and O–H groups in total. The summed E-state index contributed by atoms with van der Waals surface area (Å²) >= 11 is 1.26. The van der Waals surface area contributed by atoms with Gasteiger partial charge in [-0.3, -0.25) is 14.2 Å². The standard InChI is InChI=1S/C22H24N4O4S/c1-4-30-21(28)15(2)31-22-25-24-19(26(22)17-8-6-5-7-9-17)14-23-20(27)16-10-12-18(29-3)13-11-16/h5-13,15H,4,14H2,1-3H3,(H,23,27)/t15-/m0/s1. The Balaban J connectivity index is 1.80. The molecular formula is C22H24N4O4S. The molecule has 0 spiro atoms. The highest BCUT2D eigenvalue weighted by Crippen LogP contribution is 2.26. The minimum absolute atomic E-state index is 0.168. The van der Waals surface area contributed by atoms with Gasteiger partial charge >= 0.3 is 5.97 Å². The quantitative estimate of drug-likeness (QED) is 0.403. The maximum Gasteiger partial charge on any atom is 0.319 e. The van der Waals surface area contributed by atoms with Crippen LogP contribution in [0.1, 0.15) is 30.0 Å². The molecule has 1 amide bonds. The molecule has 0 aliphatic rings. The Morgan fingerprint density at radius 1 is 1.10 bits per heavy atom. The number of amides is 1. The summed E-state index contributed by atoms with van der Waals surface area (Å²) in [4.78, 5) is 24.6. The zero-order valence-corrected chi connectivity index (χ0v) is 18.4. The van der Waals surface area contributed by atoms with Crippen molar-refractivity contribution >= 4 is 23.6 Å². The number of thioether (sulfide) groups is 1. The van der Waals surface area contributed by atoms with Crippen LogP contribution < -0.4 is 10.1 Å². The van der Waals surface area contributed by atoms with Crippen LogP contribution in [0, 0.1) is 0 Å². The van der Waals surface area contributed by atoms with E-state index in [9.17, 15) is 9.59 Å². The van der Waals surface area contributed by atoms with Crippen LogP contribution in [0.5, 0.6) is 5.75 Å². The van der Waals surface area contributed by atoms with Crippen molar-refractivity contribution in [3.8, 4) is 11.4 Å².